The Morgan fingerprint density at radius 3 is 2.57 bits per heavy atom. The minimum Gasteiger partial charge on any atom is -0.497 e. The molecule has 0 aliphatic carbocycles. The highest BCUT2D eigenvalue weighted by Gasteiger charge is 2.31. The molecule has 1 N–H and O–H groups in total. The number of nitrogens with zero attached hydrogens (tertiary/aromatic N) is 4. The first kappa shape index (κ1) is 25.3. The molecule has 10 heteroatoms. The number of carbonyl (C=O) groups excluding carboxylic acids is 2. The van der Waals surface area contributed by atoms with Crippen LogP contribution in [0.1, 0.15) is 47.3 Å². The highest BCUT2D eigenvalue weighted by atomic mass is 32.1. The van der Waals surface area contributed by atoms with E-state index in [9.17, 15) is 9.59 Å². The summed E-state index contributed by atoms with van der Waals surface area (Å²) in [7, 11) is 3.23. The predicted octanol–water partition coefficient (Wildman–Crippen LogP) is 3.79. The molecule has 2 fully saturated rings. The van der Waals surface area contributed by atoms with Crippen LogP contribution in [0.25, 0.3) is 10.2 Å². The molecule has 2 aromatic heterocycles. The van der Waals surface area contributed by atoms with Gasteiger partial charge in [-0.3, -0.25) is 9.59 Å². The number of benzene rings is 1. The van der Waals surface area contributed by atoms with Gasteiger partial charge in [0.1, 0.15) is 16.3 Å². The highest BCUT2D eigenvalue weighted by molar-refractivity contribution is 7.13. The molecule has 2 amide bonds. The van der Waals surface area contributed by atoms with E-state index in [2.05, 4.69) is 19.6 Å². The molecule has 1 aromatic carbocycles. The van der Waals surface area contributed by atoms with E-state index in [4.69, 9.17) is 9.47 Å². The Labute approximate surface area is 220 Å². The summed E-state index contributed by atoms with van der Waals surface area (Å²) in [5, 5.41) is 4.04. The lowest BCUT2D eigenvalue weighted by molar-refractivity contribution is -0.125. The summed E-state index contributed by atoms with van der Waals surface area (Å²) in [5.41, 5.74) is 3.34. The van der Waals surface area contributed by atoms with Gasteiger partial charge < -0.3 is 24.6 Å². The lowest BCUT2D eigenvalue weighted by Crippen LogP contribution is -2.41. The van der Waals surface area contributed by atoms with Crippen molar-refractivity contribution in [2.75, 3.05) is 45.3 Å². The average molecular weight is 524 g/mol. The molecular weight excluding hydrogens is 490 g/mol. The molecule has 0 spiro atoms. The van der Waals surface area contributed by atoms with Crippen LogP contribution in [0.3, 0.4) is 0 Å². The first-order chi connectivity index (χ1) is 18.0. The number of piperidine rings is 1. The zero-order valence-electron chi connectivity index (χ0n) is 21.6. The van der Waals surface area contributed by atoms with Gasteiger partial charge in [-0.2, -0.15) is 4.37 Å². The molecule has 2 saturated heterocycles. The largest absolute Gasteiger partial charge is 0.497 e. The number of carbonyl (C=O) groups is 2. The van der Waals surface area contributed by atoms with E-state index in [-0.39, 0.29) is 17.7 Å². The summed E-state index contributed by atoms with van der Waals surface area (Å²) in [6, 6.07) is 5.56. The van der Waals surface area contributed by atoms with Gasteiger partial charge in [-0.1, -0.05) is 0 Å². The summed E-state index contributed by atoms with van der Waals surface area (Å²) in [4.78, 5) is 36.1. The average Bonchev–Trinajstić information content (AvgIpc) is 3.61. The number of ether oxygens (including phenoxy) is 2. The van der Waals surface area contributed by atoms with Gasteiger partial charge in [0, 0.05) is 50.4 Å². The van der Waals surface area contributed by atoms with E-state index in [1.165, 1.54) is 11.5 Å². The molecule has 196 valence electrons. The third-order valence-corrected chi connectivity index (χ3v) is 8.24. The molecule has 0 atom stereocenters. The van der Waals surface area contributed by atoms with Gasteiger partial charge in [0.05, 0.1) is 36.6 Å². The number of amides is 2. The Kier molecular flexibility index (Phi) is 7.45. The van der Waals surface area contributed by atoms with Crippen LogP contribution in [0.5, 0.6) is 11.5 Å². The second kappa shape index (κ2) is 10.9. The van der Waals surface area contributed by atoms with Crippen molar-refractivity contribution in [2.45, 2.75) is 39.2 Å². The summed E-state index contributed by atoms with van der Waals surface area (Å²) in [6.07, 6.45) is 5.21. The number of aromatic nitrogens is 2. The number of likely N-dealkylation sites (tertiary alicyclic amines) is 1. The van der Waals surface area contributed by atoms with E-state index in [0.717, 1.165) is 58.8 Å². The summed E-state index contributed by atoms with van der Waals surface area (Å²) in [5.74, 6) is 1.42. The van der Waals surface area contributed by atoms with Crippen molar-refractivity contribution in [1.29, 1.82) is 0 Å². The van der Waals surface area contributed by atoms with Gasteiger partial charge in [-0.05, 0) is 62.3 Å². The predicted molar refractivity (Wildman–Crippen MR) is 144 cm³/mol. The number of fused-ring (bicyclic) bond motifs is 1. The number of aryl methyl sites for hydroxylation is 1. The highest BCUT2D eigenvalue weighted by Crippen LogP contribution is 2.37. The first-order valence-electron chi connectivity index (χ1n) is 12.8. The van der Waals surface area contributed by atoms with Gasteiger partial charge in [-0.25, -0.2) is 4.98 Å². The standard InChI is InChI=1S/C27H33N5O4S/c1-17-23-24(21(16-29-26(23)37-30-17)27(34)32-10-4-5-11-32)31-12-8-18(9-13-31)25(33)28-15-19-14-20(35-2)6-7-22(19)36-3/h6-7,14,16,18H,4-5,8-13,15H2,1-3H3,(H,28,33). The fraction of sp³-hybridized carbons (Fsp3) is 0.481. The summed E-state index contributed by atoms with van der Waals surface area (Å²) in [6.45, 7) is 5.30. The molecule has 4 heterocycles. The van der Waals surface area contributed by atoms with Crippen LogP contribution >= 0.6 is 11.5 Å². The molecular formula is C27H33N5O4S. The zero-order chi connectivity index (χ0) is 25.9. The van der Waals surface area contributed by atoms with E-state index in [0.29, 0.717) is 43.8 Å². The third kappa shape index (κ3) is 5.07. The van der Waals surface area contributed by atoms with Crippen molar-refractivity contribution in [1.82, 2.24) is 19.6 Å². The van der Waals surface area contributed by atoms with Crippen molar-refractivity contribution >= 4 is 39.3 Å². The maximum Gasteiger partial charge on any atom is 0.257 e. The van der Waals surface area contributed by atoms with Crippen molar-refractivity contribution in [3.05, 3.63) is 41.2 Å². The molecule has 2 aliphatic rings. The number of anilines is 1. The first-order valence-corrected chi connectivity index (χ1v) is 13.5. The van der Waals surface area contributed by atoms with E-state index in [1.54, 1.807) is 20.4 Å². The second-order valence-electron chi connectivity index (χ2n) is 9.62. The third-order valence-electron chi connectivity index (χ3n) is 7.39. The number of nitrogens with one attached hydrogen (secondary N) is 1. The minimum atomic E-state index is -0.0930. The molecule has 0 saturated carbocycles. The van der Waals surface area contributed by atoms with Crippen molar-refractivity contribution in [2.24, 2.45) is 5.92 Å². The number of hydrogen-bond donors (Lipinski definition) is 1. The Bertz CT molecular complexity index is 1300. The van der Waals surface area contributed by atoms with E-state index >= 15 is 0 Å². The van der Waals surface area contributed by atoms with Crippen LogP contribution in [0.15, 0.2) is 24.4 Å². The molecule has 5 rings (SSSR count). The van der Waals surface area contributed by atoms with E-state index in [1.807, 2.05) is 30.0 Å². The van der Waals surface area contributed by atoms with Gasteiger partial charge in [0.2, 0.25) is 5.91 Å². The Hall–Kier alpha value is -3.40. The van der Waals surface area contributed by atoms with E-state index < -0.39 is 0 Å². The zero-order valence-corrected chi connectivity index (χ0v) is 22.4. The molecule has 0 unspecified atom stereocenters. The fourth-order valence-corrected chi connectivity index (χ4v) is 6.08. The van der Waals surface area contributed by atoms with Crippen LogP contribution < -0.4 is 19.7 Å². The van der Waals surface area contributed by atoms with Crippen LogP contribution in [0, 0.1) is 12.8 Å². The molecule has 0 radical (unpaired) electrons. The molecule has 2 aliphatic heterocycles. The van der Waals surface area contributed by atoms with Crippen molar-refractivity contribution in [3.63, 3.8) is 0 Å². The van der Waals surface area contributed by atoms with Crippen molar-refractivity contribution in [3.8, 4) is 11.5 Å². The summed E-state index contributed by atoms with van der Waals surface area (Å²) < 4.78 is 15.3. The topological polar surface area (TPSA) is 96.9 Å². The molecule has 3 aromatic rings. The van der Waals surface area contributed by atoms with Crippen LogP contribution in [-0.2, 0) is 11.3 Å². The monoisotopic (exact) mass is 523 g/mol. The fourth-order valence-electron chi connectivity index (χ4n) is 5.33. The normalized spacial score (nSPS) is 16.3. The van der Waals surface area contributed by atoms with Gasteiger partial charge in [-0.15, -0.1) is 0 Å². The van der Waals surface area contributed by atoms with Crippen LogP contribution in [0.4, 0.5) is 5.69 Å². The molecule has 0 bridgehead atoms. The minimum absolute atomic E-state index is 0.0335. The van der Waals surface area contributed by atoms with Crippen LogP contribution in [-0.4, -0.2) is 66.5 Å². The second-order valence-corrected chi connectivity index (χ2v) is 10.4. The quantitative estimate of drug-likeness (QED) is 0.503. The van der Waals surface area contributed by atoms with Gasteiger partial charge in [0.25, 0.3) is 5.91 Å². The molecule has 9 nitrogen and oxygen atoms in total. The lowest BCUT2D eigenvalue weighted by atomic mass is 9.94. The van der Waals surface area contributed by atoms with Crippen LogP contribution in [0.2, 0.25) is 0 Å². The number of rotatable bonds is 7. The maximum absolute atomic E-state index is 13.4. The Morgan fingerprint density at radius 2 is 1.86 bits per heavy atom. The number of methoxy groups -OCH3 is 2. The molecule has 37 heavy (non-hydrogen) atoms. The summed E-state index contributed by atoms with van der Waals surface area (Å²) >= 11 is 1.36. The van der Waals surface area contributed by atoms with Gasteiger partial charge >= 0.3 is 0 Å². The Morgan fingerprint density at radius 1 is 1.11 bits per heavy atom. The maximum atomic E-state index is 13.4. The van der Waals surface area contributed by atoms with Gasteiger partial charge in [0.15, 0.2) is 0 Å². The number of hydrogen-bond acceptors (Lipinski definition) is 8. The lowest BCUT2D eigenvalue weighted by Gasteiger charge is -2.35. The smallest absolute Gasteiger partial charge is 0.257 e. The SMILES string of the molecule is COc1ccc(OC)c(CNC(=O)C2CCN(c3c(C(=O)N4CCCC4)cnc4snc(C)c34)CC2)c1. The van der Waals surface area contributed by atoms with Crippen molar-refractivity contribution < 1.29 is 19.1 Å². The number of pyridine rings is 1. The Balaban J connectivity index is 1.30.